The molecule has 1 aromatic carbocycles. The summed E-state index contributed by atoms with van der Waals surface area (Å²) in [6, 6.07) is 3.37. The summed E-state index contributed by atoms with van der Waals surface area (Å²) < 4.78 is 49.7. The number of amides is 1. The van der Waals surface area contributed by atoms with E-state index in [0.717, 1.165) is 6.20 Å². The van der Waals surface area contributed by atoms with Crippen LogP contribution in [0.3, 0.4) is 0 Å². The van der Waals surface area contributed by atoms with E-state index in [2.05, 4.69) is 9.97 Å². The van der Waals surface area contributed by atoms with Gasteiger partial charge in [0.05, 0.1) is 37.3 Å². The molecule has 0 bridgehead atoms. The zero-order valence-electron chi connectivity index (χ0n) is 17.2. The lowest BCUT2D eigenvalue weighted by molar-refractivity contribution is -0.138. The summed E-state index contributed by atoms with van der Waals surface area (Å²) in [5.41, 5.74) is 0.685. The van der Waals surface area contributed by atoms with E-state index >= 15 is 0 Å². The van der Waals surface area contributed by atoms with Crippen LogP contribution in [0.15, 0.2) is 18.3 Å². The van der Waals surface area contributed by atoms with Crippen LogP contribution in [0.25, 0.3) is 0 Å². The number of ether oxygens (including phenoxy) is 2. The Morgan fingerprint density at radius 3 is 2.47 bits per heavy atom. The number of aromatic nitrogens is 2. The van der Waals surface area contributed by atoms with E-state index in [4.69, 9.17) is 9.47 Å². The van der Waals surface area contributed by atoms with Crippen molar-refractivity contribution in [1.29, 1.82) is 0 Å². The second kappa shape index (κ2) is 8.47. The van der Waals surface area contributed by atoms with Gasteiger partial charge in [-0.3, -0.25) is 4.79 Å². The number of carbonyl (C=O) groups is 1. The van der Waals surface area contributed by atoms with Crippen LogP contribution < -0.4 is 9.64 Å². The minimum absolute atomic E-state index is 0.0884. The van der Waals surface area contributed by atoms with Crippen LogP contribution in [-0.2, 0) is 10.9 Å². The summed E-state index contributed by atoms with van der Waals surface area (Å²) in [7, 11) is 3.09. The van der Waals surface area contributed by atoms with Gasteiger partial charge in [0.2, 0.25) is 5.95 Å². The van der Waals surface area contributed by atoms with Gasteiger partial charge < -0.3 is 19.3 Å². The van der Waals surface area contributed by atoms with E-state index < -0.39 is 11.7 Å². The Kier molecular flexibility index (Phi) is 6.16. The lowest BCUT2D eigenvalue weighted by Gasteiger charge is -2.28. The molecule has 2 aromatic rings. The molecule has 1 aromatic heterocycles. The van der Waals surface area contributed by atoms with Gasteiger partial charge in [0.25, 0.3) is 5.91 Å². The highest BCUT2D eigenvalue weighted by Crippen LogP contribution is 2.36. The quantitative estimate of drug-likeness (QED) is 0.750. The molecular formula is C20H23F3N4O3. The first kappa shape index (κ1) is 21.8. The molecule has 0 spiro atoms. The van der Waals surface area contributed by atoms with Crippen LogP contribution in [0.1, 0.15) is 27.2 Å². The molecule has 10 heteroatoms. The Labute approximate surface area is 172 Å². The predicted octanol–water partition coefficient (Wildman–Crippen LogP) is 3.36. The fourth-order valence-electron chi connectivity index (χ4n) is 3.27. The summed E-state index contributed by atoms with van der Waals surface area (Å²) in [6.45, 7) is 5.10. The summed E-state index contributed by atoms with van der Waals surface area (Å²) in [4.78, 5) is 24.0. The van der Waals surface area contributed by atoms with Crippen LogP contribution in [-0.4, -0.2) is 61.2 Å². The van der Waals surface area contributed by atoms with Gasteiger partial charge in [0, 0.05) is 31.9 Å². The molecular weight excluding hydrogens is 401 g/mol. The maximum absolute atomic E-state index is 13.0. The average Bonchev–Trinajstić information content (AvgIpc) is 2.72. The van der Waals surface area contributed by atoms with Crippen LogP contribution in [0, 0.1) is 13.8 Å². The van der Waals surface area contributed by atoms with E-state index in [1.807, 2.05) is 0 Å². The number of anilines is 2. The van der Waals surface area contributed by atoms with Gasteiger partial charge in [0.15, 0.2) is 0 Å². The molecule has 1 aliphatic rings. The molecule has 7 nitrogen and oxygen atoms in total. The van der Waals surface area contributed by atoms with Crippen molar-refractivity contribution in [1.82, 2.24) is 14.9 Å². The fourth-order valence-corrected chi connectivity index (χ4v) is 3.27. The topological polar surface area (TPSA) is 67.8 Å². The van der Waals surface area contributed by atoms with E-state index in [1.54, 1.807) is 31.0 Å². The Bertz CT molecular complexity index is 944. The standard InChI is InChI=1S/C20H23F3N4O3/c1-12-9-16(26(3)19-24-11-15(13(2)25-19)20(21,22)23)17(29-4)10-14(12)18(28)27-5-7-30-8-6-27/h9-11H,5-8H2,1-4H3. The summed E-state index contributed by atoms with van der Waals surface area (Å²) >= 11 is 0. The maximum Gasteiger partial charge on any atom is 0.419 e. The normalized spacial score (nSPS) is 14.6. The number of halogens is 3. The Morgan fingerprint density at radius 1 is 1.23 bits per heavy atom. The monoisotopic (exact) mass is 424 g/mol. The Balaban J connectivity index is 1.95. The minimum atomic E-state index is -4.52. The van der Waals surface area contributed by atoms with Gasteiger partial charge in [-0.05, 0) is 31.5 Å². The summed E-state index contributed by atoms with van der Waals surface area (Å²) in [5.74, 6) is 0.358. The molecule has 2 heterocycles. The van der Waals surface area contributed by atoms with Gasteiger partial charge in [0.1, 0.15) is 5.75 Å². The molecule has 0 atom stereocenters. The zero-order chi connectivity index (χ0) is 22.1. The highest BCUT2D eigenvalue weighted by molar-refractivity contribution is 5.97. The number of morpholine rings is 1. The lowest BCUT2D eigenvalue weighted by atomic mass is 10.0. The fraction of sp³-hybridized carbons (Fsp3) is 0.450. The number of alkyl halides is 3. The smallest absolute Gasteiger partial charge is 0.419 e. The van der Waals surface area contributed by atoms with Gasteiger partial charge in [-0.2, -0.15) is 13.2 Å². The number of rotatable bonds is 4. The van der Waals surface area contributed by atoms with Gasteiger partial charge in [-0.15, -0.1) is 0 Å². The molecule has 3 rings (SSSR count). The van der Waals surface area contributed by atoms with Crippen molar-refractivity contribution in [2.75, 3.05) is 45.4 Å². The van der Waals surface area contributed by atoms with Crippen molar-refractivity contribution in [3.8, 4) is 5.75 Å². The first-order valence-corrected chi connectivity index (χ1v) is 9.33. The molecule has 0 radical (unpaired) electrons. The number of benzene rings is 1. The molecule has 0 N–H and O–H groups in total. The third kappa shape index (κ3) is 4.33. The second-order valence-corrected chi connectivity index (χ2v) is 6.97. The second-order valence-electron chi connectivity index (χ2n) is 6.97. The molecule has 1 amide bonds. The lowest BCUT2D eigenvalue weighted by Crippen LogP contribution is -2.41. The van der Waals surface area contributed by atoms with Gasteiger partial charge >= 0.3 is 6.18 Å². The number of hydrogen-bond donors (Lipinski definition) is 0. The molecule has 0 saturated carbocycles. The van der Waals surface area contributed by atoms with E-state index in [1.165, 1.54) is 18.9 Å². The third-order valence-corrected chi connectivity index (χ3v) is 4.99. The van der Waals surface area contributed by atoms with Crippen molar-refractivity contribution >= 4 is 17.5 Å². The number of aryl methyl sites for hydroxylation is 2. The van der Waals surface area contributed by atoms with Crippen LogP contribution in [0.2, 0.25) is 0 Å². The largest absolute Gasteiger partial charge is 0.495 e. The van der Waals surface area contributed by atoms with Crippen molar-refractivity contribution in [2.24, 2.45) is 0 Å². The van der Waals surface area contributed by atoms with Crippen molar-refractivity contribution in [3.63, 3.8) is 0 Å². The Hall–Kier alpha value is -2.88. The highest BCUT2D eigenvalue weighted by atomic mass is 19.4. The van der Waals surface area contributed by atoms with Crippen molar-refractivity contribution < 1.29 is 27.4 Å². The maximum atomic E-state index is 13.0. The SMILES string of the molecule is COc1cc(C(=O)N2CCOCC2)c(C)cc1N(C)c1ncc(C(F)(F)F)c(C)n1. The Morgan fingerprint density at radius 2 is 1.90 bits per heavy atom. The van der Waals surface area contributed by atoms with E-state index in [-0.39, 0.29) is 17.5 Å². The first-order chi connectivity index (χ1) is 14.1. The van der Waals surface area contributed by atoms with Crippen LogP contribution in [0.5, 0.6) is 5.75 Å². The van der Waals surface area contributed by atoms with Crippen LogP contribution in [0.4, 0.5) is 24.8 Å². The zero-order valence-corrected chi connectivity index (χ0v) is 17.2. The number of carbonyl (C=O) groups excluding carboxylic acids is 1. The molecule has 0 unspecified atom stereocenters. The first-order valence-electron chi connectivity index (χ1n) is 9.33. The van der Waals surface area contributed by atoms with Crippen molar-refractivity contribution in [2.45, 2.75) is 20.0 Å². The van der Waals surface area contributed by atoms with Gasteiger partial charge in [-0.1, -0.05) is 0 Å². The predicted molar refractivity (Wildman–Crippen MR) is 104 cm³/mol. The number of methoxy groups -OCH3 is 1. The summed E-state index contributed by atoms with van der Waals surface area (Å²) in [5, 5.41) is 0. The van der Waals surface area contributed by atoms with Crippen LogP contribution >= 0.6 is 0 Å². The highest BCUT2D eigenvalue weighted by Gasteiger charge is 2.34. The summed E-state index contributed by atoms with van der Waals surface area (Å²) in [6.07, 6.45) is -3.75. The van der Waals surface area contributed by atoms with E-state index in [9.17, 15) is 18.0 Å². The molecule has 0 aliphatic carbocycles. The van der Waals surface area contributed by atoms with Gasteiger partial charge in [-0.25, -0.2) is 9.97 Å². The molecule has 162 valence electrons. The number of hydrogen-bond acceptors (Lipinski definition) is 6. The minimum Gasteiger partial charge on any atom is -0.495 e. The molecule has 30 heavy (non-hydrogen) atoms. The van der Waals surface area contributed by atoms with E-state index in [0.29, 0.717) is 48.9 Å². The third-order valence-electron chi connectivity index (χ3n) is 4.99. The van der Waals surface area contributed by atoms with Crippen molar-refractivity contribution in [3.05, 3.63) is 40.7 Å². The number of nitrogens with zero attached hydrogens (tertiary/aromatic N) is 4. The average molecular weight is 424 g/mol. The molecule has 1 aliphatic heterocycles. The molecule has 1 fully saturated rings. The molecule has 1 saturated heterocycles.